The van der Waals surface area contributed by atoms with E-state index in [2.05, 4.69) is 37.2 Å². The van der Waals surface area contributed by atoms with E-state index in [0.29, 0.717) is 5.56 Å². The van der Waals surface area contributed by atoms with Gasteiger partial charge in [-0.15, -0.1) is 0 Å². The number of primary amides is 1. The molecule has 1 aromatic rings. The fourth-order valence-electron chi connectivity index (χ4n) is 5.02. The molecule has 0 spiro atoms. The van der Waals surface area contributed by atoms with Crippen molar-refractivity contribution >= 4 is 59.2 Å². The van der Waals surface area contributed by atoms with Crippen molar-refractivity contribution < 1.29 is 73.5 Å². The minimum Gasteiger partial charge on any atom is -0.481 e. The van der Waals surface area contributed by atoms with E-state index in [4.69, 9.17) is 16.6 Å². The van der Waals surface area contributed by atoms with Gasteiger partial charge < -0.3 is 74.2 Å². The van der Waals surface area contributed by atoms with E-state index in [1.807, 2.05) is 0 Å². The molecule has 0 saturated heterocycles. The third-order valence-electron chi connectivity index (χ3n) is 8.34. The molecule has 0 bridgehead atoms. The Hall–Kier alpha value is -6.24. The summed E-state index contributed by atoms with van der Waals surface area (Å²) >= 11 is 0. The van der Waals surface area contributed by atoms with Gasteiger partial charge in [0.05, 0.1) is 25.4 Å². The Morgan fingerprint density at radius 1 is 0.627 bits per heavy atom. The molecule has 16 N–H and O–H groups in total. The van der Waals surface area contributed by atoms with Gasteiger partial charge in [0.2, 0.25) is 47.3 Å². The monoisotopic (exact) mass is 839 g/mol. The maximum Gasteiger partial charge on any atom is 0.326 e. The molecule has 0 aliphatic rings. The predicted octanol–water partition coefficient (Wildman–Crippen LogP) is -6.43. The Bertz CT molecular complexity index is 1660. The lowest BCUT2D eigenvalue weighted by Crippen LogP contribution is -2.62. The molecule has 0 unspecified atom stereocenters. The van der Waals surface area contributed by atoms with E-state index in [0.717, 1.165) is 13.8 Å². The van der Waals surface area contributed by atoms with Gasteiger partial charge in [-0.2, -0.15) is 0 Å². The van der Waals surface area contributed by atoms with Crippen LogP contribution in [0.5, 0.6) is 0 Å². The van der Waals surface area contributed by atoms with Crippen LogP contribution in [-0.2, 0) is 54.4 Å². The molecule has 59 heavy (non-hydrogen) atoms. The summed E-state index contributed by atoms with van der Waals surface area (Å²) in [6.45, 7) is 1.77. The van der Waals surface area contributed by atoms with Crippen molar-refractivity contribution in [1.29, 1.82) is 0 Å². The SMILES string of the molecule is C[C@H](NC(=O)[C@H](CCC(N)=O)NC(=O)[C@@H](N)CO)C(=O)NCC(=O)N[C@H](C(=O)N[C@H](C(=O)N[C@@H](CCC(=O)O)C(=O)N[C@@H](Cc1ccccc1)C(=O)O)[C@@H](C)O)[C@@H](C)O. The van der Waals surface area contributed by atoms with Gasteiger partial charge in [-0.3, -0.25) is 43.2 Å². The van der Waals surface area contributed by atoms with E-state index in [1.54, 1.807) is 30.3 Å². The van der Waals surface area contributed by atoms with Crippen molar-refractivity contribution in [2.24, 2.45) is 11.5 Å². The van der Waals surface area contributed by atoms with Gasteiger partial charge in [0.1, 0.15) is 42.3 Å². The number of aliphatic hydroxyl groups is 3. The lowest BCUT2D eigenvalue weighted by Gasteiger charge is -2.28. The number of carboxylic acids is 2. The van der Waals surface area contributed by atoms with Gasteiger partial charge in [-0.05, 0) is 39.2 Å². The number of carbonyl (C=O) groups excluding carboxylic acids is 8. The molecular formula is C35H53N9O15. The number of rotatable bonds is 26. The fourth-order valence-corrected chi connectivity index (χ4v) is 5.02. The first kappa shape index (κ1) is 50.8. The molecule has 0 radical (unpaired) electrons. The van der Waals surface area contributed by atoms with Crippen LogP contribution in [0.15, 0.2) is 30.3 Å². The molecule has 0 heterocycles. The Balaban J connectivity index is 2.98. The van der Waals surface area contributed by atoms with Crippen molar-refractivity contribution in [3.05, 3.63) is 35.9 Å². The summed E-state index contributed by atoms with van der Waals surface area (Å²) in [5, 5.41) is 64.1. The Labute approximate surface area is 337 Å². The zero-order valence-corrected chi connectivity index (χ0v) is 32.5. The highest BCUT2D eigenvalue weighted by Gasteiger charge is 2.35. The smallest absolute Gasteiger partial charge is 0.326 e. The summed E-state index contributed by atoms with van der Waals surface area (Å²) in [4.78, 5) is 125. The number of hydrogen-bond donors (Lipinski definition) is 14. The van der Waals surface area contributed by atoms with Crippen molar-refractivity contribution in [2.75, 3.05) is 13.2 Å². The van der Waals surface area contributed by atoms with Gasteiger partial charge in [0.25, 0.3) is 0 Å². The van der Waals surface area contributed by atoms with E-state index in [-0.39, 0.29) is 19.3 Å². The van der Waals surface area contributed by atoms with Crippen LogP contribution in [0, 0.1) is 0 Å². The van der Waals surface area contributed by atoms with Crippen LogP contribution >= 0.6 is 0 Å². The number of benzene rings is 1. The van der Waals surface area contributed by atoms with Gasteiger partial charge in [-0.25, -0.2) is 4.79 Å². The van der Waals surface area contributed by atoms with Crippen LogP contribution in [0.1, 0.15) is 52.0 Å². The topological polar surface area (TPSA) is 408 Å². The van der Waals surface area contributed by atoms with Crippen LogP contribution in [0.25, 0.3) is 0 Å². The Morgan fingerprint density at radius 2 is 1.12 bits per heavy atom. The number of amides is 8. The van der Waals surface area contributed by atoms with E-state index < -0.39 is 140 Å². The highest BCUT2D eigenvalue weighted by molar-refractivity contribution is 5.97. The van der Waals surface area contributed by atoms with Crippen LogP contribution in [0.4, 0.5) is 0 Å². The molecule has 8 amide bonds. The first-order valence-corrected chi connectivity index (χ1v) is 18.2. The molecule has 328 valence electrons. The second-order valence-corrected chi connectivity index (χ2v) is 13.4. The highest BCUT2D eigenvalue weighted by atomic mass is 16.4. The number of nitrogens with two attached hydrogens (primary N) is 2. The number of aliphatic carboxylic acids is 2. The summed E-state index contributed by atoms with van der Waals surface area (Å²) in [5.41, 5.74) is 11.1. The van der Waals surface area contributed by atoms with E-state index in [9.17, 15) is 68.4 Å². The number of carbonyl (C=O) groups is 10. The van der Waals surface area contributed by atoms with Crippen molar-refractivity contribution in [2.45, 2.75) is 107 Å². The first-order valence-electron chi connectivity index (χ1n) is 18.2. The first-order chi connectivity index (χ1) is 27.6. The van der Waals surface area contributed by atoms with Crippen LogP contribution in [0.2, 0.25) is 0 Å². The minimum absolute atomic E-state index is 0.163. The molecule has 9 atom stereocenters. The second-order valence-electron chi connectivity index (χ2n) is 13.4. The van der Waals surface area contributed by atoms with Crippen molar-refractivity contribution in [3.63, 3.8) is 0 Å². The lowest BCUT2D eigenvalue weighted by atomic mass is 10.0. The van der Waals surface area contributed by atoms with Gasteiger partial charge in [-0.1, -0.05) is 30.3 Å². The van der Waals surface area contributed by atoms with E-state index in [1.165, 1.54) is 6.92 Å². The molecule has 24 nitrogen and oxygen atoms in total. The Kier molecular flexibility index (Phi) is 21.7. The summed E-state index contributed by atoms with van der Waals surface area (Å²) in [6.07, 6.45) is -5.32. The molecule has 0 fully saturated rings. The van der Waals surface area contributed by atoms with Crippen LogP contribution in [-0.4, -0.2) is 152 Å². The van der Waals surface area contributed by atoms with Gasteiger partial charge >= 0.3 is 11.9 Å². The van der Waals surface area contributed by atoms with Crippen molar-refractivity contribution in [1.82, 2.24) is 37.2 Å². The van der Waals surface area contributed by atoms with E-state index >= 15 is 0 Å². The summed E-state index contributed by atoms with van der Waals surface area (Å²) < 4.78 is 0. The molecule has 0 saturated carbocycles. The minimum atomic E-state index is -1.87. The highest BCUT2D eigenvalue weighted by Crippen LogP contribution is 2.07. The molecule has 1 aromatic carbocycles. The molecule has 24 heteroatoms. The second kappa shape index (κ2) is 25.2. The maximum absolute atomic E-state index is 13.3. The van der Waals surface area contributed by atoms with Gasteiger partial charge in [0.15, 0.2) is 0 Å². The lowest BCUT2D eigenvalue weighted by molar-refractivity contribution is -0.143. The van der Waals surface area contributed by atoms with Crippen molar-refractivity contribution in [3.8, 4) is 0 Å². The third-order valence-corrected chi connectivity index (χ3v) is 8.34. The maximum atomic E-state index is 13.3. The van der Waals surface area contributed by atoms with Crippen LogP contribution < -0.4 is 48.7 Å². The number of carboxylic acid groups (broad SMARTS) is 2. The molecule has 1 rings (SSSR count). The number of aliphatic hydroxyl groups excluding tert-OH is 3. The third kappa shape index (κ3) is 18.7. The van der Waals surface area contributed by atoms with Gasteiger partial charge in [0, 0.05) is 19.3 Å². The molecule has 0 aliphatic carbocycles. The Morgan fingerprint density at radius 3 is 1.63 bits per heavy atom. The predicted molar refractivity (Wildman–Crippen MR) is 202 cm³/mol. The summed E-state index contributed by atoms with van der Waals surface area (Å²) in [5.74, 6) is -11.0. The quantitative estimate of drug-likeness (QED) is 0.0412. The number of hydrogen-bond acceptors (Lipinski definition) is 14. The zero-order chi connectivity index (χ0) is 45.0. The molecule has 0 aliphatic heterocycles. The summed E-state index contributed by atoms with van der Waals surface area (Å²) in [7, 11) is 0. The normalized spacial score (nSPS) is 15.4. The largest absolute Gasteiger partial charge is 0.481 e. The van der Waals surface area contributed by atoms with Crippen LogP contribution in [0.3, 0.4) is 0 Å². The average Bonchev–Trinajstić information content (AvgIpc) is 3.16. The summed E-state index contributed by atoms with van der Waals surface area (Å²) in [6, 6.07) is -2.78. The zero-order valence-electron chi connectivity index (χ0n) is 32.5. The molecular weight excluding hydrogens is 786 g/mol. The standard InChI is InChI=1S/C35H53N9O15/c1-16(39-31(54)21(9-11-24(37)48)40-30(53)20(36)15-45)29(52)38-14-25(49)43-27(17(2)46)34(57)44-28(18(3)47)33(56)41-22(10-12-26(50)51)32(55)42-23(35(58)59)13-19-7-5-4-6-8-19/h4-8,16-18,20-23,27-28,45-47H,9-15,36H2,1-3H3,(H2,37,48)(H,38,52)(H,39,54)(H,40,53)(H,41,56)(H,42,55)(H,43,49)(H,44,57)(H,50,51)(H,58,59)/t16-,17+,18+,20-,21-,22-,23-,27-,28-/m0/s1. The number of nitrogens with one attached hydrogen (secondary N) is 7. The average molecular weight is 840 g/mol. The fraction of sp³-hybridized carbons (Fsp3) is 0.543. The molecule has 0 aromatic heterocycles.